The van der Waals surface area contributed by atoms with E-state index in [4.69, 9.17) is 0 Å². The number of fused-ring (bicyclic) bond motifs is 1. The minimum absolute atomic E-state index is 0.340. The molecule has 3 N–H and O–H groups in total. The van der Waals surface area contributed by atoms with Gasteiger partial charge in [0.1, 0.15) is 11.1 Å². The van der Waals surface area contributed by atoms with Gasteiger partial charge in [-0.15, -0.1) is 11.3 Å². The number of nitrogens with one attached hydrogen (secondary N) is 1. The largest absolute Gasteiger partial charge is 0.383 e. The molecule has 3 aromatic rings. The molecule has 120 valence electrons. The number of aliphatic hydroxyl groups is 2. The van der Waals surface area contributed by atoms with E-state index >= 15 is 0 Å². The second-order valence-electron chi connectivity index (χ2n) is 5.08. The van der Waals surface area contributed by atoms with Crippen LogP contribution < -0.4 is 5.32 Å². The van der Waals surface area contributed by atoms with Crippen LogP contribution in [0.5, 0.6) is 0 Å². The highest BCUT2D eigenvalue weighted by Gasteiger charge is 2.28. The topological polar surface area (TPSA) is 82.5 Å². The third-order valence-corrected chi connectivity index (χ3v) is 5.26. The van der Waals surface area contributed by atoms with Crippen LogP contribution in [0.1, 0.15) is 16.7 Å². The molecule has 0 aliphatic carbocycles. The van der Waals surface area contributed by atoms with Crippen LogP contribution in [0.4, 0.5) is 0 Å². The highest BCUT2D eigenvalue weighted by molar-refractivity contribution is 7.18. The van der Waals surface area contributed by atoms with Crippen molar-refractivity contribution in [2.45, 2.75) is 18.6 Å². The maximum Gasteiger partial charge on any atom is 0.252 e. The molecule has 0 saturated heterocycles. The number of hydrogen-bond acceptors (Lipinski definition) is 6. The van der Waals surface area contributed by atoms with Gasteiger partial charge in [-0.1, -0.05) is 12.1 Å². The van der Waals surface area contributed by atoms with Gasteiger partial charge in [-0.3, -0.25) is 4.79 Å². The Balaban J connectivity index is 1.59. The van der Waals surface area contributed by atoms with Gasteiger partial charge in [0, 0.05) is 6.54 Å². The first-order valence-corrected chi connectivity index (χ1v) is 8.91. The van der Waals surface area contributed by atoms with Crippen LogP contribution in [0.15, 0.2) is 41.1 Å². The van der Waals surface area contributed by atoms with Crippen LogP contribution in [0, 0.1) is 0 Å². The van der Waals surface area contributed by atoms with Crippen molar-refractivity contribution in [2.24, 2.45) is 0 Å². The lowest BCUT2D eigenvalue weighted by atomic mass is 10.2. The SMILES string of the molecule is O=C(NCCc1ccsc1)[C@@H](O)[C@@H](O)c1nc2ccccc2s1. The molecule has 0 aliphatic rings. The molecule has 2 heterocycles. The number of carbonyl (C=O) groups excluding carboxylic acids is 1. The van der Waals surface area contributed by atoms with Gasteiger partial charge in [0.05, 0.1) is 10.2 Å². The maximum absolute atomic E-state index is 12.0. The van der Waals surface area contributed by atoms with Crippen molar-refractivity contribution < 1.29 is 15.0 Å². The second-order valence-corrected chi connectivity index (χ2v) is 6.92. The molecule has 1 aromatic carbocycles. The van der Waals surface area contributed by atoms with Crippen molar-refractivity contribution in [3.8, 4) is 0 Å². The predicted molar refractivity (Wildman–Crippen MR) is 91.6 cm³/mol. The lowest BCUT2D eigenvalue weighted by Crippen LogP contribution is -2.39. The first kappa shape index (κ1) is 16.1. The molecule has 23 heavy (non-hydrogen) atoms. The number of aromatic nitrogens is 1. The van der Waals surface area contributed by atoms with Crippen LogP contribution in [-0.2, 0) is 11.2 Å². The Bertz CT molecular complexity index is 753. The third-order valence-electron chi connectivity index (χ3n) is 3.42. The smallest absolute Gasteiger partial charge is 0.252 e. The summed E-state index contributed by atoms with van der Waals surface area (Å²) in [6.45, 7) is 0.416. The number of carbonyl (C=O) groups is 1. The highest BCUT2D eigenvalue weighted by atomic mass is 32.1. The van der Waals surface area contributed by atoms with Gasteiger partial charge in [0.25, 0.3) is 5.91 Å². The lowest BCUT2D eigenvalue weighted by Gasteiger charge is -2.15. The number of benzene rings is 1. The number of nitrogens with zero attached hydrogens (tertiary/aromatic N) is 1. The van der Waals surface area contributed by atoms with Crippen molar-refractivity contribution >= 4 is 38.8 Å². The molecule has 0 aliphatic heterocycles. The van der Waals surface area contributed by atoms with Crippen LogP contribution in [0.3, 0.4) is 0 Å². The molecule has 0 radical (unpaired) electrons. The normalized spacial score (nSPS) is 13.8. The van der Waals surface area contributed by atoms with Crippen molar-refractivity contribution in [2.75, 3.05) is 6.54 Å². The van der Waals surface area contributed by atoms with Crippen LogP contribution >= 0.6 is 22.7 Å². The summed E-state index contributed by atoms with van der Waals surface area (Å²) in [5.74, 6) is -0.591. The van der Waals surface area contributed by atoms with Gasteiger partial charge in [-0.25, -0.2) is 4.98 Å². The molecule has 0 spiro atoms. The Labute approximate surface area is 141 Å². The quantitative estimate of drug-likeness (QED) is 0.637. The van der Waals surface area contributed by atoms with Crippen LogP contribution in [0.2, 0.25) is 0 Å². The maximum atomic E-state index is 12.0. The number of para-hydroxylation sites is 1. The third kappa shape index (κ3) is 3.76. The summed E-state index contributed by atoms with van der Waals surface area (Å²) in [6.07, 6.45) is -2.16. The molecule has 0 bridgehead atoms. The first-order chi connectivity index (χ1) is 11.1. The summed E-state index contributed by atoms with van der Waals surface area (Å²) in [4.78, 5) is 16.2. The Morgan fingerprint density at radius 3 is 2.83 bits per heavy atom. The number of aliphatic hydroxyl groups excluding tert-OH is 2. The molecule has 2 aromatic heterocycles. The zero-order valence-electron chi connectivity index (χ0n) is 12.2. The highest BCUT2D eigenvalue weighted by Crippen LogP contribution is 2.27. The van der Waals surface area contributed by atoms with Gasteiger partial charge in [0.15, 0.2) is 6.10 Å². The van der Waals surface area contributed by atoms with E-state index in [1.807, 2.05) is 41.1 Å². The predicted octanol–water partition coefficient (Wildman–Crippen LogP) is 2.11. The van der Waals surface area contributed by atoms with E-state index in [1.54, 1.807) is 11.3 Å². The fourth-order valence-corrected chi connectivity index (χ4v) is 3.85. The summed E-state index contributed by atoms with van der Waals surface area (Å²) >= 11 is 2.87. The Morgan fingerprint density at radius 1 is 1.26 bits per heavy atom. The Hall–Kier alpha value is -1.80. The van der Waals surface area contributed by atoms with E-state index in [9.17, 15) is 15.0 Å². The van der Waals surface area contributed by atoms with Gasteiger partial charge in [-0.05, 0) is 40.9 Å². The van der Waals surface area contributed by atoms with E-state index in [0.29, 0.717) is 18.0 Å². The monoisotopic (exact) mass is 348 g/mol. The van der Waals surface area contributed by atoms with E-state index in [2.05, 4.69) is 10.3 Å². The summed E-state index contributed by atoms with van der Waals surface area (Å²) in [5.41, 5.74) is 1.88. The van der Waals surface area contributed by atoms with Gasteiger partial charge < -0.3 is 15.5 Å². The molecular formula is C16H16N2O3S2. The van der Waals surface area contributed by atoms with Gasteiger partial charge >= 0.3 is 0 Å². The van der Waals surface area contributed by atoms with Crippen LogP contribution in [0.25, 0.3) is 10.2 Å². The molecule has 0 fully saturated rings. The fraction of sp³-hybridized carbons (Fsp3) is 0.250. The summed E-state index contributed by atoms with van der Waals surface area (Å²) in [6, 6.07) is 9.44. The van der Waals surface area contributed by atoms with E-state index in [1.165, 1.54) is 11.3 Å². The minimum Gasteiger partial charge on any atom is -0.383 e. The molecule has 2 atom stereocenters. The average Bonchev–Trinajstić information content (AvgIpc) is 3.22. The van der Waals surface area contributed by atoms with E-state index in [0.717, 1.165) is 15.8 Å². The summed E-state index contributed by atoms with van der Waals surface area (Å²) in [5, 5.41) is 27.2. The number of amides is 1. The average molecular weight is 348 g/mol. The van der Waals surface area contributed by atoms with E-state index < -0.39 is 18.1 Å². The van der Waals surface area contributed by atoms with Crippen molar-refractivity contribution in [1.82, 2.24) is 10.3 Å². The summed E-state index contributed by atoms with van der Waals surface area (Å²) < 4.78 is 0.909. The van der Waals surface area contributed by atoms with Gasteiger partial charge in [0.2, 0.25) is 0 Å². The number of thiazole rings is 1. The number of rotatable bonds is 6. The van der Waals surface area contributed by atoms with Crippen molar-refractivity contribution in [1.29, 1.82) is 0 Å². The molecule has 3 rings (SSSR count). The first-order valence-electron chi connectivity index (χ1n) is 7.15. The molecule has 0 unspecified atom stereocenters. The molecular weight excluding hydrogens is 332 g/mol. The molecule has 7 heteroatoms. The van der Waals surface area contributed by atoms with Crippen molar-refractivity contribution in [3.05, 3.63) is 51.7 Å². The number of hydrogen-bond donors (Lipinski definition) is 3. The Morgan fingerprint density at radius 2 is 2.09 bits per heavy atom. The van der Waals surface area contributed by atoms with Crippen molar-refractivity contribution in [3.63, 3.8) is 0 Å². The number of thiophene rings is 1. The minimum atomic E-state index is -1.53. The second kappa shape index (κ2) is 7.18. The zero-order valence-corrected chi connectivity index (χ0v) is 13.8. The van der Waals surface area contributed by atoms with Gasteiger partial charge in [-0.2, -0.15) is 11.3 Å². The summed E-state index contributed by atoms with van der Waals surface area (Å²) in [7, 11) is 0. The molecule has 5 nitrogen and oxygen atoms in total. The van der Waals surface area contributed by atoms with Crippen LogP contribution in [-0.4, -0.2) is 33.8 Å². The molecule has 0 saturated carbocycles. The fourth-order valence-electron chi connectivity index (χ4n) is 2.16. The zero-order chi connectivity index (χ0) is 16.2. The Kier molecular flexibility index (Phi) is 5.02. The molecule has 1 amide bonds. The lowest BCUT2D eigenvalue weighted by molar-refractivity contribution is -0.135. The standard InChI is InChI=1S/C16H16N2O3S2/c19-13(15(21)17-7-5-10-6-8-22-9-10)14(20)16-18-11-3-1-2-4-12(11)23-16/h1-4,6,8-9,13-14,19-20H,5,7H2,(H,17,21)/t13-,14+/m0/s1. The van der Waals surface area contributed by atoms with E-state index in [-0.39, 0.29) is 0 Å².